The van der Waals surface area contributed by atoms with Crippen LogP contribution in [0.3, 0.4) is 0 Å². The number of carboxylic acid groups (broad SMARTS) is 1. The van der Waals surface area contributed by atoms with Gasteiger partial charge in [0.1, 0.15) is 6.04 Å². The van der Waals surface area contributed by atoms with Crippen LogP contribution < -0.4 is 5.32 Å². The minimum Gasteiger partial charge on any atom is -0.480 e. The number of urea groups is 1. The van der Waals surface area contributed by atoms with Crippen molar-refractivity contribution < 1.29 is 18.9 Å². The number of carbonyl (C=O) groups is 2. The van der Waals surface area contributed by atoms with Gasteiger partial charge in [0.25, 0.3) is 0 Å². The lowest BCUT2D eigenvalue weighted by Crippen LogP contribution is -2.55. The Morgan fingerprint density at radius 3 is 2.17 bits per heavy atom. The van der Waals surface area contributed by atoms with Gasteiger partial charge in [-0.1, -0.05) is 20.8 Å². The molecule has 0 aromatic heterocycles. The van der Waals surface area contributed by atoms with E-state index in [9.17, 15) is 13.8 Å². The Kier molecular flexibility index (Phi) is 4.72. The number of rotatable bonds is 2. The third-order valence-corrected chi connectivity index (χ3v) is 4.12. The molecule has 0 aromatic rings. The summed E-state index contributed by atoms with van der Waals surface area (Å²) in [5.74, 6) is -0.127. The molecule has 0 radical (unpaired) electrons. The highest BCUT2D eigenvalue weighted by molar-refractivity contribution is 7.85. The lowest BCUT2D eigenvalue weighted by atomic mass is 9.87. The number of nitrogens with zero attached hydrogens (tertiary/aromatic N) is 1. The van der Waals surface area contributed by atoms with Crippen molar-refractivity contribution in [2.75, 3.05) is 24.6 Å². The van der Waals surface area contributed by atoms with E-state index >= 15 is 0 Å². The van der Waals surface area contributed by atoms with E-state index in [1.807, 2.05) is 0 Å². The fraction of sp³-hybridized carbons (Fsp3) is 0.818. The maximum atomic E-state index is 11.9. The van der Waals surface area contributed by atoms with E-state index in [1.54, 1.807) is 20.8 Å². The smallest absolute Gasteiger partial charge is 0.326 e. The van der Waals surface area contributed by atoms with Gasteiger partial charge in [0.2, 0.25) is 0 Å². The number of carboxylic acids is 1. The van der Waals surface area contributed by atoms with Crippen molar-refractivity contribution in [3.8, 4) is 0 Å². The Hall–Kier alpha value is -1.11. The van der Waals surface area contributed by atoms with Gasteiger partial charge < -0.3 is 15.3 Å². The first-order chi connectivity index (χ1) is 8.21. The standard InChI is InChI=1S/C11H20N2O4S/c1-11(2,3)8(9(14)15)12-10(16)13-4-6-18(17)7-5-13/h8H,4-7H2,1-3H3,(H,12,16)(H,14,15). The number of carbonyl (C=O) groups excluding carboxylic acids is 1. The van der Waals surface area contributed by atoms with Gasteiger partial charge in [0, 0.05) is 35.4 Å². The molecule has 0 aliphatic carbocycles. The second-order valence-corrected chi connectivity index (χ2v) is 7.12. The van der Waals surface area contributed by atoms with Crippen LogP contribution in [0.1, 0.15) is 20.8 Å². The molecule has 0 saturated carbocycles. The molecule has 2 amide bonds. The summed E-state index contributed by atoms with van der Waals surface area (Å²) in [4.78, 5) is 24.6. The molecular weight excluding hydrogens is 256 g/mol. The van der Waals surface area contributed by atoms with Crippen molar-refractivity contribution >= 4 is 22.8 Å². The molecule has 1 aliphatic rings. The molecule has 1 saturated heterocycles. The molecule has 18 heavy (non-hydrogen) atoms. The second kappa shape index (κ2) is 5.69. The minimum absolute atomic E-state index is 0.394. The van der Waals surface area contributed by atoms with Crippen molar-refractivity contribution in [1.29, 1.82) is 0 Å². The maximum absolute atomic E-state index is 11.9. The van der Waals surface area contributed by atoms with Crippen molar-refractivity contribution in [2.45, 2.75) is 26.8 Å². The van der Waals surface area contributed by atoms with E-state index in [4.69, 9.17) is 5.11 Å². The summed E-state index contributed by atoms with van der Waals surface area (Å²) < 4.78 is 11.2. The highest BCUT2D eigenvalue weighted by atomic mass is 32.2. The molecule has 1 heterocycles. The molecule has 1 atom stereocenters. The van der Waals surface area contributed by atoms with Crippen LogP contribution in [0.15, 0.2) is 0 Å². The fourth-order valence-electron chi connectivity index (χ4n) is 1.70. The largest absolute Gasteiger partial charge is 0.480 e. The summed E-state index contributed by atoms with van der Waals surface area (Å²) >= 11 is 0. The van der Waals surface area contributed by atoms with Crippen LogP contribution in [-0.4, -0.2) is 56.9 Å². The molecule has 2 N–H and O–H groups in total. The molecule has 1 aliphatic heterocycles. The Morgan fingerprint density at radius 1 is 1.28 bits per heavy atom. The number of hydrogen-bond acceptors (Lipinski definition) is 3. The molecule has 1 unspecified atom stereocenters. The third-order valence-electron chi connectivity index (χ3n) is 2.85. The van der Waals surface area contributed by atoms with Crippen molar-refractivity contribution in [3.05, 3.63) is 0 Å². The lowest BCUT2D eigenvalue weighted by Gasteiger charge is -2.32. The number of hydrogen-bond donors (Lipinski definition) is 2. The molecule has 0 bridgehead atoms. The molecule has 1 fully saturated rings. The van der Waals surface area contributed by atoms with E-state index in [2.05, 4.69) is 5.32 Å². The first kappa shape index (κ1) is 14.9. The Morgan fingerprint density at radius 2 is 1.78 bits per heavy atom. The first-order valence-electron chi connectivity index (χ1n) is 5.85. The zero-order valence-electron chi connectivity index (χ0n) is 10.9. The number of amides is 2. The van der Waals surface area contributed by atoms with Crippen molar-refractivity contribution in [3.63, 3.8) is 0 Å². The van der Waals surface area contributed by atoms with Crippen LogP contribution in [0, 0.1) is 5.41 Å². The third kappa shape index (κ3) is 3.97. The maximum Gasteiger partial charge on any atom is 0.326 e. The van der Waals surface area contributed by atoms with Gasteiger partial charge in [-0.3, -0.25) is 4.21 Å². The van der Waals surface area contributed by atoms with Crippen LogP contribution in [-0.2, 0) is 15.6 Å². The quantitative estimate of drug-likeness (QED) is 0.757. The fourth-order valence-corrected chi connectivity index (χ4v) is 2.76. The zero-order chi connectivity index (χ0) is 13.9. The monoisotopic (exact) mass is 276 g/mol. The molecule has 6 nitrogen and oxygen atoms in total. The summed E-state index contributed by atoms with van der Waals surface area (Å²) in [7, 11) is -0.854. The minimum atomic E-state index is -1.04. The molecule has 104 valence electrons. The van der Waals surface area contributed by atoms with Gasteiger partial charge in [-0.25, -0.2) is 9.59 Å². The van der Waals surface area contributed by atoms with Crippen LogP contribution in [0.2, 0.25) is 0 Å². The molecule has 0 aromatic carbocycles. The highest BCUT2D eigenvalue weighted by Gasteiger charge is 2.34. The van der Waals surface area contributed by atoms with E-state index in [0.717, 1.165) is 0 Å². The normalized spacial score (nSPS) is 19.4. The summed E-state index contributed by atoms with van der Waals surface area (Å²) in [6, 6.07) is -1.33. The summed E-state index contributed by atoms with van der Waals surface area (Å²) in [6.45, 7) is 6.11. The van der Waals surface area contributed by atoms with Crippen LogP contribution in [0.5, 0.6) is 0 Å². The van der Waals surface area contributed by atoms with E-state index < -0.39 is 34.3 Å². The van der Waals surface area contributed by atoms with Crippen LogP contribution in [0.25, 0.3) is 0 Å². The van der Waals surface area contributed by atoms with Crippen molar-refractivity contribution in [2.24, 2.45) is 5.41 Å². The number of aliphatic carboxylic acids is 1. The van der Waals surface area contributed by atoms with Crippen LogP contribution >= 0.6 is 0 Å². The second-order valence-electron chi connectivity index (χ2n) is 5.42. The SMILES string of the molecule is CC(C)(C)C(NC(=O)N1CCS(=O)CC1)C(=O)O. The average molecular weight is 276 g/mol. The average Bonchev–Trinajstić information content (AvgIpc) is 2.24. The predicted octanol–water partition coefficient (Wildman–Crippen LogP) is 0.260. The lowest BCUT2D eigenvalue weighted by molar-refractivity contribution is -0.142. The van der Waals surface area contributed by atoms with Crippen LogP contribution in [0.4, 0.5) is 4.79 Å². The molecular formula is C11H20N2O4S. The number of nitrogens with one attached hydrogen (secondary N) is 1. The summed E-state index contributed by atoms with van der Waals surface area (Å²) in [5, 5.41) is 11.6. The Bertz CT molecular complexity index is 355. The Balaban J connectivity index is 2.62. The van der Waals surface area contributed by atoms with Gasteiger partial charge in [-0.15, -0.1) is 0 Å². The van der Waals surface area contributed by atoms with Crippen molar-refractivity contribution in [1.82, 2.24) is 10.2 Å². The van der Waals surface area contributed by atoms with Gasteiger partial charge in [-0.05, 0) is 5.41 Å². The topological polar surface area (TPSA) is 86.7 Å². The van der Waals surface area contributed by atoms with E-state index in [1.165, 1.54) is 4.90 Å². The van der Waals surface area contributed by atoms with Gasteiger partial charge >= 0.3 is 12.0 Å². The van der Waals surface area contributed by atoms with E-state index in [0.29, 0.717) is 24.6 Å². The van der Waals surface area contributed by atoms with Gasteiger partial charge in [-0.2, -0.15) is 0 Å². The zero-order valence-corrected chi connectivity index (χ0v) is 11.7. The molecule has 1 rings (SSSR count). The van der Waals surface area contributed by atoms with Gasteiger partial charge in [0.15, 0.2) is 0 Å². The summed E-state index contributed by atoms with van der Waals surface area (Å²) in [5.41, 5.74) is -0.555. The predicted molar refractivity (Wildman–Crippen MR) is 68.9 cm³/mol. The summed E-state index contributed by atoms with van der Waals surface area (Å²) in [6.07, 6.45) is 0. The molecule has 0 spiro atoms. The highest BCUT2D eigenvalue weighted by Crippen LogP contribution is 2.19. The Labute approximate surface area is 109 Å². The molecule has 7 heteroatoms. The van der Waals surface area contributed by atoms with Gasteiger partial charge in [0.05, 0.1) is 0 Å². The first-order valence-corrected chi connectivity index (χ1v) is 7.34. The van der Waals surface area contributed by atoms with E-state index in [-0.39, 0.29) is 0 Å².